The van der Waals surface area contributed by atoms with Crippen LogP contribution in [0.2, 0.25) is 0 Å². The molecular weight excluding hydrogens is 873 g/mol. The van der Waals surface area contributed by atoms with Gasteiger partial charge >= 0.3 is 12.2 Å². The first-order chi connectivity index (χ1) is 33.2. The Balaban J connectivity index is 0.911. The van der Waals surface area contributed by atoms with Gasteiger partial charge in [-0.25, -0.2) is 19.6 Å². The number of hydrogen-bond acceptors (Lipinski definition) is 9. The Morgan fingerprint density at radius 1 is 0.783 bits per heavy atom. The van der Waals surface area contributed by atoms with Gasteiger partial charge in [0.15, 0.2) is 0 Å². The topological polar surface area (TPSA) is 192 Å². The second-order valence-electron chi connectivity index (χ2n) is 21.0. The Hall–Kier alpha value is -6.51. The zero-order valence-electron chi connectivity index (χ0n) is 40.7. The standard InChI is InChI=1S/C54H64N8O7/c1-28(2)45(58-52(66)68-6)50(64)61(35-15-16-35)30(5)47-55-27-42(57-47)32-12-10-31(11-13-32)36-17-18-37(40-26-54(25-39(36)40)20-8-9-21-54)33-14-19-41-38(22-33)49(63)60-48(56-41)44-24-34-23-43(34)62(44)51(65)46(29(3)4)59-53(67)69-7/h10-14,17-19,22,27-30,34-35,43-46H,8-9,15-16,20-21,23-26H2,1-7H3,(H,55,57)(H,58,66)(H,59,67)(H,56,60,63)/t30-,34?,43?,44-,45-,46-/m0/s1. The minimum atomic E-state index is -0.761. The number of nitrogens with one attached hydrogen (secondary N) is 4. The second kappa shape index (κ2) is 18.1. The first-order valence-corrected chi connectivity index (χ1v) is 24.9. The summed E-state index contributed by atoms with van der Waals surface area (Å²) >= 11 is 0. The molecule has 15 nitrogen and oxygen atoms in total. The van der Waals surface area contributed by atoms with Crippen LogP contribution >= 0.6 is 0 Å². The molecule has 3 aromatic carbocycles. The van der Waals surface area contributed by atoms with Gasteiger partial charge in [-0.05, 0) is 133 Å². The molecule has 10 rings (SSSR count). The van der Waals surface area contributed by atoms with Crippen molar-refractivity contribution in [3.8, 4) is 33.5 Å². The van der Waals surface area contributed by atoms with Gasteiger partial charge in [0.1, 0.15) is 23.7 Å². The number of likely N-dealkylation sites (tertiary alicyclic amines) is 1. The first-order valence-electron chi connectivity index (χ1n) is 24.9. The van der Waals surface area contributed by atoms with Crippen molar-refractivity contribution in [2.24, 2.45) is 23.2 Å². The van der Waals surface area contributed by atoms with Gasteiger partial charge < -0.3 is 39.9 Å². The normalized spacial score (nSPS) is 21.2. The van der Waals surface area contributed by atoms with Gasteiger partial charge in [0.25, 0.3) is 5.56 Å². The van der Waals surface area contributed by atoms with Crippen molar-refractivity contribution in [1.82, 2.24) is 40.4 Å². The summed E-state index contributed by atoms with van der Waals surface area (Å²) in [4.78, 5) is 86.4. The van der Waals surface area contributed by atoms with Gasteiger partial charge in [-0.1, -0.05) is 83.0 Å². The van der Waals surface area contributed by atoms with Gasteiger partial charge in [0.2, 0.25) is 11.8 Å². The summed E-state index contributed by atoms with van der Waals surface area (Å²) in [6.45, 7) is 9.60. The maximum Gasteiger partial charge on any atom is 0.407 e. The zero-order valence-corrected chi connectivity index (χ0v) is 40.7. The summed E-state index contributed by atoms with van der Waals surface area (Å²) in [5.74, 6) is 0.880. The fraction of sp³-hybridized carbons (Fsp3) is 0.500. The molecule has 4 fully saturated rings. The molecule has 6 atom stereocenters. The largest absolute Gasteiger partial charge is 0.453 e. The molecule has 362 valence electrons. The highest BCUT2D eigenvalue weighted by Crippen LogP contribution is 2.54. The minimum Gasteiger partial charge on any atom is -0.453 e. The number of amides is 4. The molecule has 1 aliphatic heterocycles. The number of benzene rings is 3. The number of aromatic amines is 2. The molecule has 1 saturated heterocycles. The van der Waals surface area contributed by atoms with E-state index < -0.39 is 30.3 Å². The number of rotatable bonds is 13. The molecule has 69 heavy (non-hydrogen) atoms. The average Bonchev–Trinajstić information content (AvgIpc) is 4.06. The lowest BCUT2D eigenvalue weighted by Gasteiger charge is -2.33. The van der Waals surface area contributed by atoms with Gasteiger partial charge in [-0.3, -0.25) is 14.4 Å². The first kappa shape index (κ1) is 46.2. The monoisotopic (exact) mass is 936 g/mol. The summed E-state index contributed by atoms with van der Waals surface area (Å²) in [5.41, 5.74) is 9.63. The third-order valence-electron chi connectivity index (χ3n) is 15.8. The highest BCUT2D eigenvalue weighted by molar-refractivity contribution is 5.89. The summed E-state index contributed by atoms with van der Waals surface area (Å²) in [6, 6.07) is 17.0. The van der Waals surface area contributed by atoms with Crippen molar-refractivity contribution >= 4 is 34.9 Å². The summed E-state index contributed by atoms with van der Waals surface area (Å²) in [6.07, 6.45) is 10.9. The number of piperidine rings is 1. The summed E-state index contributed by atoms with van der Waals surface area (Å²) < 4.78 is 9.66. The Morgan fingerprint density at radius 2 is 1.39 bits per heavy atom. The maximum atomic E-state index is 14.0. The molecule has 2 unspecified atom stereocenters. The Kier molecular flexibility index (Phi) is 12.1. The molecule has 4 amide bonds. The smallest absolute Gasteiger partial charge is 0.407 e. The number of H-pyrrole nitrogens is 2. The number of alkyl carbamates (subject to hydrolysis) is 2. The van der Waals surface area contributed by atoms with Crippen molar-refractivity contribution in [1.29, 1.82) is 0 Å². The van der Waals surface area contributed by atoms with E-state index in [-0.39, 0.29) is 52.7 Å². The minimum absolute atomic E-state index is 0.0582. The highest BCUT2D eigenvalue weighted by Gasteiger charge is 2.56. The number of hydrogen-bond donors (Lipinski definition) is 4. The number of fused-ring (bicyclic) bond motifs is 3. The van der Waals surface area contributed by atoms with Crippen molar-refractivity contribution in [2.75, 3.05) is 14.2 Å². The lowest BCUT2D eigenvalue weighted by atomic mass is 9.82. The molecule has 4 aliphatic carbocycles. The molecule has 0 bridgehead atoms. The lowest BCUT2D eigenvalue weighted by molar-refractivity contribution is -0.138. The number of imidazole rings is 1. The fourth-order valence-corrected chi connectivity index (χ4v) is 11.8. The Bertz CT molecular complexity index is 2880. The van der Waals surface area contributed by atoms with Crippen LogP contribution in [0.25, 0.3) is 44.4 Å². The maximum absolute atomic E-state index is 14.0. The van der Waals surface area contributed by atoms with Gasteiger partial charge in [0, 0.05) is 12.1 Å². The molecular formula is C54H64N8O7. The van der Waals surface area contributed by atoms with Crippen LogP contribution in [0.1, 0.15) is 121 Å². The molecule has 0 radical (unpaired) electrons. The van der Waals surface area contributed by atoms with Crippen LogP contribution in [-0.2, 0) is 31.9 Å². The number of carbonyl (C=O) groups is 4. The quantitative estimate of drug-likeness (QED) is 0.0894. The van der Waals surface area contributed by atoms with E-state index in [1.54, 1.807) is 0 Å². The van der Waals surface area contributed by atoms with Crippen LogP contribution in [0.4, 0.5) is 9.59 Å². The summed E-state index contributed by atoms with van der Waals surface area (Å²) in [5, 5.41) is 5.97. The third kappa shape index (κ3) is 8.66. The average molecular weight is 937 g/mol. The van der Waals surface area contributed by atoms with E-state index in [1.165, 1.54) is 56.6 Å². The van der Waals surface area contributed by atoms with Crippen LogP contribution in [0.3, 0.4) is 0 Å². The van der Waals surface area contributed by atoms with Crippen molar-refractivity contribution in [3.05, 3.63) is 93.9 Å². The highest BCUT2D eigenvalue weighted by atomic mass is 16.5. The van der Waals surface area contributed by atoms with Crippen molar-refractivity contribution < 1.29 is 28.7 Å². The third-order valence-corrected chi connectivity index (χ3v) is 15.8. The fourth-order valence-electron chi connectivity index (χ4n) is 11.8. The van der Waals surface area contributed by atoms with E-state index >= 15 is 0 Å². The van der Waals surface area contributed by atoms with Crippen molar-refractivity contribution in [2.45, 2.75) is 135 Å². The number of carbonyl (C=O) groups excluding carboxylic acids is 4. The van der Waals surface area contributed by atoms with E-state index in [2.05, 4.69) is 63.1 Å². The van der Waals surface area contributed by atoms with Crippen molar-refractivity contribution in [3.63, 3.8) is 0 Å². The van der Waals surface area contributed by atoms with E-state index in [9.17, 15) is 24.0 Å². The van der Waals surface area contributed by atoms with E-state index in [1.807, 2.05) is 62.7 Å². The van der Waals surface area contributed by atoms with E-state index in [0.717, 1.165) is 60.1 Å². The van der Waals surface area contributed by atoms with Gasteiger partial charge in [-0.15, -0.1) is 0 Å². The van der Waals surface area contributed by atoms with E-state index in [4.69, 9.17) is 19.4 Å². The molecule has 2 aromatic heterocycles. The van der Waals surface area contributed by atoms with Crippen LogP contribution in [0.5, 0.6) is 0 Å². The molecule has 5 aliphatic rings. The van der Waals surface area contributed by atoms with Crippen LogP contribution in [0, 0.1) is 23.2 Å². The van der Waals surface area contributed by atoms with E-state index in [0.29, 0.717) is 34.9 Å². The second-order valence-corrected chi connectivity index (χ2v) is 21.0. The number of nitrogens with zero attached hydrogens (tertiary/aromatic N) is 4. The molecule has 3 saturated carbocycles. The SMILES string of the molecule is COC(=O)N[C@H](C(=O)N(C1CC1)[C@@H](C)c1ncc(-c2ccc(-c3ccc(-c4ccc5nc([C@@H]6CC7CC7N6C(=O)[C@@H](NC(=O)OC)C(C)C)[nH]c(=O)c5c4)c4c3CC3(CCCC3)C4)cc2)[nH]1)C(C)C. The number of aromatic nitrogens is 4. The number of methoxy groups -OCH3 is 2. The molecule has 15 heteroatoms. The molecule has 5 aromatic rings. The molecule has 1 spiro atoms. The number of ether oxygens (including phenoxy) is 2. The van der Waals surface area contributed by atoms with Crippen LogP contribution < -0.4 is 16.2 Å². The lowest BCUT2D eigenvalue weighted by Crippen LogP contribution is -2.52. The predicted octanol–water partition coefficient (Wildman–Crippen LogP) is 8.78. The van der Waals surface area contributed by atoms with Crippen LogP contribution in [-0.4, -0.2) is 92.1 Å². The van der Waals surface area contributed by atoms with Gasteiger partial charge in [0.05, 0.1) is 49.1 Å². The molecule has 3 heterocycles. The summed E-state index contributed by atoms with van der Waals surface area (Å²) in [7, 11) is 2.58. The Labute approximate surface area is 402 Å². The molecule has 4 N–H and O–H groups in total. The van der Waals surface area contributed by atoms with Gasteiger partial charge in [-0.2, -0.15) is 0 Å². The predicted molar refractivity (Wildman–Crippen MR) is 262 cm³/mol. The van der Waals surface area contributed by atoms with Crippen LogP contribution in [0.15, 0.2) is 65.6 Å². The zero-order chi connectivity index (χ0) is 48.5. The Morgan fingerprint density at radius 3 is 2.01 bits per heavy atom.